The minimum atomic E-state index is -1.85. The van der Waals surface area contributed by atoms with E-state index in [0.717, 1.165) is 33.3 Å². The number of imidazole rings is 1. The SMILES string of the molecule is C[C@@H]1NC(=O)[C@H](CC(N)=O)NC(=O)[C@H](Cc2c[nH]c3ccccc23)NC(=O)[C@H](CCCNC(=N)N)N2C[C@@H](Cc3ccccc3)NC(=O)[C@H](CSCC2=O)NC(=O)[C@H](Cc2cnc[nH]2)NC(=O)[C@@H](NC(=O)[C@@H](N)Cc2ccc(O)cc2)CSSC[C@@H](C(=O)N[C@@H](Cc2ccc(O)cc2)C(N)=O)NC(=O)[C@H](Cc2ccccc2)NC1=O. The van der Waals surface area contributed by atoms with Crippen LogP contribution in [0.15, 0.2) is 152 Å². The second-order valence-electron chi connectivity index (χ2n) is 27.7. The first kappa shape index (κ1) is 86.8. The summed E-state index contributed by atoms with van der Waals surface area (Å²) in [6.45, 7) is 0.899. The molecule has 3 fully saturated rings. The number of benzene rings is 5. The van der Waals surface area contributed by atoms with Gasteiger partial charge in [-0.1, -0.05) is 125 Å². The second kappa shape index (κ2) is 42.6. The summed E-state index contributed by atoms with van der Waals surface area (Å²) in [6.07, 6.45) is 2.34. The van der Waals surface area contributed by atoms with Gasteiger partial charge >= 0.3 is 0 Å². The number of hydrogen-bond acceptors (Lipinski definition) is 21. The number of fused-ring (bicyclic) bond motifs is 32. The molecule has 115 heavy (non-hydrogen) atoms. The first-order valence-electron chi connectivity index (χ1n) is 36.9. The van der Waals surface area contributed by atoms with Crippen LogP contribution in [0.4, 0.5) is 0 Å². The molecule has 5 heterocycles. The normalized spacial score (nSPS) is 22.2. The number of rotatable bonds is 23. The third-order valence-electron chi connectivity index (χ3n) is 18.8. The Labute approximate surface area is 673 Å². The molecule has 0 radical (unpaired) electrons. The van der Waals surface area contributed by atoms with Crippen LogP contribution in [-0.2, 0) is 101 Å². The Kier molecular flexibility index (Phi) is 32.2. The number of carbonyl (C=O) groups is 13. The van der Waals surface area contributed by atoms with E-state index in [-0.39, 0.29) is 87.5 Å². The van der Waals surface area contributed by atoms with Gasteiger partial charge in [-0.15, -0.1) is 11.8 Å². The maximum absolute atomic E-state index is 15.6. The van der Waals surface area contributed by atoms with E-state index in [1.165, 1.54) is 60.7 Å². The molecule has 0 saturated carbocycles. The molecule has 35 nitrogen and oxygen atoms in total. The molecule has 10 rings (SSSR count). The number of nitrogens with zero attached hydrogens (tertiary/aromatic N) is 2. The highest BCUT2D eigenvalue weighted by atomic mass is 33.1. The molecule has 2 aromatic heterocycles. The molecule has 3 aliphatic rings. The van der Waals surface area contributed by atoms with Gasteiger partial charge in [-0.3, -0.25) is 67.7 Å². The number of aromatic nitrogens is 3. The molecule has 0 spiro atoms. The van der Waals surface area contributed by atoms with Gasteiger partial charge < -0.3 is 107 Å². The van der Waals surface area contributed by atoms with E-state index in [1.807, 2.05) is 0 Å². The van der Waals surface area contributed by atoms with Crippen molar-refractivity contribution in [2.45, 2.75) is 137 Å². The Balaban J connectivity index is 1.12. The van der Waals surface area contributed by atoms with Crippen LogP contribution < -0.4 is 81.4 Å². The van der Waals surface area contributed by atoms with Gasteiger partial charge in [0.1, 0.15) is 71.9 Å². The van der Waals surface area contributed by atoms with Gasteiger partial charge in [0.25, 0.3) is 0 Å². The van der Waals surface area contributed by atoms with Gasteiger partial charge in [-0.2, -0.15) is 0 Å². The molecule has 13 amide bonds. The van der Waals surface area contributed by atoms with Crippen molar-refractivity contribution >= 4 is 127 Å². The predicted molar refractivity (Wildman–Crippen MR) is 431 cm³/mol. The Bertz CT molecular complexity index is 4570. The molecular weight excluding hydrogens is 1540 g/mol. The van der Waals surface area contributed by atoms with Gasteiger partial charge in [0, 0.05) is 85.0 Å². The van der Waals surface area contributed by atoms with Crippen molar-refractivity contribution in [3.8, 4) is 11.5 Å². The van der Waals surface area contributed by atoms with E-state index in [1.54, 1.807) is 103 Å². The summed E-state index contributed by atoms with van der Waals surface area (Å²) in [7, 11) is 1.80. The summed E-state index contributed by atoms with van der Waals surface area (Å²) in [5.41, 5.74) is 27.4. The number of primary amides is 2. The Morgan fingerprint density at radius 2 is 1.18 bits per heavy atom. The zero-order valence-electron chi connectivity index (χ0n) is 62.6. The number of aromatic hydroxyl groups is 2. The lowest BCUT2D eigenvalue weighted by atomic mass is 10.0. The molecule has 12 atom stereocenters. The molecule has 5 aromatic carbocycles. The van der Waals surface area contributed by atoms with Crippen LogP contribution in [0.5, 0.6) is 11.5 Å². The molecule has 38 heteroatoms. The van der Waals surface area contributed by atoms with Gasteiger partial charge in [-0.05, 0) is 90.8 Å². The number of nitrogens with one attached hydrogen (secondary N) is 14. The molecule has 24 N–H and O–H groups in total. The number of thioether (sulfide) groups is 1. The molecule has 3 aliphatic heterocycles. The van der Waals surface area contributed by atoms with Crippen LogP contribution in [0.1, 0.15) is 59.7 Å². The van der Waals surface area contributed by atoms with E-state index >= 15 is 33.6 Å². The summed E-state index contributed by atoms with van der Waals surface area (Å²) >= 11 is 0.919. The average molecular weight is 1640 g/mol. The first-order chi connectivity index (χ1) is 55.1. The van der Waals surface area contributed by atoms with Crippen LogP contribution >= 0.6 is 33.3 Å². The van der Waals surface area contributed by atoms with E-state index in [0.29, 0.717) is 44.4 Å². The minimum Gasteiger partial charge on any atom is -0.508 e. The summed E-state index contributed by atoms with van der Waals surface area (Å²) < 4.78 is 0. The average Bonchev–Trinajstić information content (AvgIpc) is 1.73. The number of guanidine groups is 1. The number of phenolic OH excluding ortho intramolecular Hbond substituents is 2. The fraction of sp³-hybridized carbons (Fsp3) is 0.364. The summed E-state index contributed by atoms with van der Waals surface area (Å²) in [5, 5.41) is 58.2. The molecule has 0 unspecified atom stereocenters. The Morgan fingerprint density at radius 1 is 0.600 bits per heavy atom. The maximum atomic E-state index is 15.6. The number of para-hydroxylation sites is 1. The Morgan fingerprint density at radius 3 is 1.83 bits per heavy atom. The van der Waals surface area contributed by atoms with Crippen molar-refractivity contribution in [2.75, 3.05) is 36.1 Å². The molecule has 0 aliphatic carbocycles. The van der Waals surface area contributed by atoms with Gasteiger partial charge in [-0.25, -0.2) is 4.98 Å². The number of aromatic amines is 2. The lowest BCUT2D eigenvalue weighted by Gasteiger charge is -2.36. The van der Waals surface area contributed by atoms with Crippen molar-refractivity contribution < 1.29 is 72.5 Å². The van der Waals surface area contributed by atoms with E-state index in [9.17, 15) is 39.0 Å². The highest BCUT2D eigenvalue weighted by molar-refractivity contribution is 8.76. The topological polar surface area (TPSA) is 570 Å². The fourth-order valence-electron chi connectivity index (χ4n) is 12.8. The largest absolute Gasteiger partial charge is 0.508 e. The predicted octanol–water partition coefficient (Wildman–Crippen LogP) is -1.78. The van der Waals surface area contributed by atoms with Crippen molar-refractivity contribution in [3.05, 3.63) is 186 Å². The molecule has 610 valence electrons. The van der Waals surface area contributed by atoms with E-state index in [2.05, 4.69) is 73.4 Å². The van der Waals surface area contributed by atoms with Crippen LogP contribution in [-0.4, -0.2) is 221 Å². The van der Waals surface area contributed by atoms with Gasteiger partial charge in [0.05, 0.1) is 30.6 Å². The van der Waals surface area contributed by atoms with E-state index < -0.39 is 173 Å². The zero-order chi connectivity index (χ0) is 82.7. The second-order valence-corrected chi connectivity index (χ2v) is 31.3. The number of hydrogen-bond donors (Lipinski definition) is 20. The summed E-state index contributed by atoms with van der Waals surface area (Å²) in [6, 6.07) is 17.7. The third kappa shape index (κ3) is 26.7. The van der Waals surface area contributed by atoms with Crippen molar-refractivity contribution in [1.82, 2.24) is 78.3 Å². The highest BCUT2D eigenvalue weighted by Crippen LogP contribution is 2.26. The quantitative estimate of drug-likeness (QED) is 0.0111. The van der Waals surface area contributed by atoms with E-state index in [4.69, 9.17) is 28.3 Å². The number of phenols is 2. The monoisotopic (exact) mass is 1630 g/mol. The first-order valence-corrected chi connectivity index (χ1v) is 40.5. The third-order valence-corrected chi connectivity index (χ3v) is 22.3. The minimum absolute atomic E-state index is 0.0249. The van der Waals surface area contributed by atoms with Crippen molar-refractivity contribution in [2.24, 2.45) is 22.9 Å². The Hall–Kier alpha value is -12.2. The van der Waals surface area contributed by atoms with Gasteiger partial charge in [0.2, 0.25) is 76.8 Å². The number of H-pyrrole nitrogens is 2. The van der Waals surface area contributed by atoms with Crippen LogP contribution in [0.25, 0.3) is 10.9 Å². The highest BCUT2D eigenvalue weighted by Gasteiger charge is 2.40. The van der Waals surface area contributed by atoms with Gasteiger partial charge in [0.15, 0.2) is 5.96 Å². The van der Waals surface area contributed by atoms with Crippen LogP contribution in [0, 0.1) is 5.41 Å². The van der Waals surface area contributed by atoms with Crippen LogP contribution in [0.2, 0.25) is 0 Å². The lowest BCUT2D eigenvalue weighted by Crippen LogP contribution is -2.62. The standard InChI is InChI=1S/C77H94N20O15S3/c1-42-67(103)90-56(30-44-13-6-3-7-14-44)70(106)96-62(74(110)89-55(66(80)102)29-46-20-24-51(99)25-21-46)39-115-114-38-61(94-68(104)53(78)28-45-18-22-50(98)23-19-45)75(111)91-58(32-48-35-83-41-86-48)72(108)95-60-37-113-40-65(101)97(36-49(88-73(60)109)27-43-11-4-2-5-12-43)63(17-10-26-84-77(81)82)76(112)93-57(31-47-34-85-54-16-9-8-15-52(47)54)71(107)92-59(33-64(79)100)69(105)87-42/h2-9,11-16,18-25,34-35,41-42,49,53,55-63,85,98-99H,10,17,26-33,36-40,78H2,1H3,(H2,79,100)(H2,80,102)(H,83,86)(H,87,105)(H,88,109)(H,89,110)(H,90,103)(H,91,111)(H,92,107)(H,93,112)(H,94,104)(H,95,108)(H,96,106)(H4,81,82,84)/t42-,49+,53-,55-,56-,57-,58-,59-,60-,61-,62-,63-/m0/s1. The lowest BCUT2D eigenvalue weighted by molar-refractivity contribution is -0.141. The number of carbonyl (C=O) groups excluding carboxylic acids is 13. The molecule has 3 saturated heterocycles. The molecular formula is C77H94N20O15S3. The van der Waals surface area contributed by atoms with Crippen molar-refractivity contribution in [3.63, 3.8) is 0 Å². The maximum Gasteiger partial charge on any atom is 0.244 e. The fourth-order valence-corrected chi connectivity index (χ4v) is 16.0. The summed E-state index contributed by atoms with van der Waals surface area (Å²) in [5.74, 6) is -14.2. The number of nitrogens with two attached hydrogens (primary N) is 4. The number of amides is 13. The smallest absolute Gasteiger partial charge is 0.244 e. The zero-order valence-corrected chi connectivity index (χ0v) is 65.0. The molecule has 2 bridgehead atoms. The molecule has 7 aromatic rings. The van der Waals surface area contributed by atoms with Crippen molar-refractivity contribution in [1.29, 1.82) is 5.41 Å². The summed E-state index contributed by atoms with van der Waals surface area (Å²) in [4.78, 5) is 202. The van der Waals surface area contributed by atoms with Crippen LogP contribution in [0.3, 0.4) is 0 Å².